The number of hydrogen-bond donors (Lipinski definition) is 1. The molecule has 1 aromatic heterocycles. The van der Waals surface area contributed by atoms with Crippen LogP contribution in [0, 0.1) is 18.7 Å². The van der Waals surface area contributed by atoms with Crippen LogP contribution in [0.3, 0.4) is 0 Å². The molecule has 0 saturated carbocycles. The minimum atomic E-state index is -0.635. The Hall–Kier alpha value is -3.00. The highest BCUT2D eigenvalue weighted by Crippen LogP contribution is 2.32. The zero-order valence-electron chi connectivity index (χ0n) is 20.2. The number of aliphatic hydroxyl groups excluding tert-OH is 1. The van der Waals surface area contributed by atoms with Gasteiger partial charge in [0.15, 0.2) is 0 Å². The van der Waals surface area contributed by atoms with Crippen molar-refractivity contribution in [1.82, 2.24) is 14.7 Å². The molecule has 0 aliphatic carbocycles. The van der Waals surface area contributed by atoms with E-state index in [2.05, 4.69) is 25.3 Å². The van der Waals surface area contributed by atoms with Crippen LogP contribution in [0.4, 0.5) is 4.39 Å². The molecular formula is C27H34FN3O3. The lowest BCUT2D eigenvalue weighted by molar-refractivity contribution is 0.0222. The van der Waals surface area contributed by atoms with Crippen molar-refractivity contribution in [1.29, 1.82) is 0 Å². The Morgan fingerprint density at radius 3 is 2.47 bits per heavy atom. The summed E-state index contributed by atoms with van der Waals surface area (Å²) in [7, 11) is 0. The molecule has 0 amide bonds. The molecule has 3 aromatic rings. The van der Waals surface area contributed by atoms with E-state index in [4.69, 9.17) is 14.6 Å². The third-order valence-electron chi connectivity index (χ3n) is 5.19. The van der Waals surface area contributed by atoms with E-state index in [1.165, 1.54) is 12.1 Å². The second-order valence-electron chi connectivity index (χ2n) is 8.74. The quantitative estimate of drug-likeness (QED) is 0.279. The second kappa shape index (κ2) is 12.5. The Kier molecular flexibility index (Phi) is 9.39. The highest BCUT2D eigenvalue weighted by molar-refractivity contribution is 5.43. The average molecular weight is 468 g/mol. The molecule has 0 unspecified atom stereocenters. The standard InChI is InChI=1S/C27H34FN3O3/c1-5-15-33-19-24(32)17-30(16-20(2)3)18-26-21(4)29-31(23-9-7-6-8-10-23)27(26)34-25-13-11-22(28)12-14-25/h5-14,20,24,32H,1,15-19H2,2-4H3/t24-/m1/s1. The molecule has 1 N–H and O–H groups in total. The molecular weight excluding hydrogens is 433 g/mol. The van der Waals surface area contributed by atoms with Crippen LogP contribution in [-0.4, -0.2) is 52.2 Å². The first-order valence-corrected chi connectivity index (χ1v) is 11.5. The smallest absolute Gasteiger partial charge is 0.227 e. The van der Waals surface area contributed by atoms with Crippen molar-refractivity contribution in [3.05, 3.63) is 84.3 Å². The number of halogens is 1. The van der Waals surface area contributed by atoms with Gasteiger partial charge in [0.1, 0.15) is 11.6 Å². The maximum absolute atomic E-state index is 13.5. The van der Waals surface area contributed by atoms with E-state index in [0.717, 1.165) is 23.5 Å². The van der Waals surface area contributed by atoms with Crippen LogP contribution in [-0.2, 0) is 11.3 Å². The monoisotopic (exact) mass is 467 g/mol. The Labute approximate surface area is 201 Å². The van der Waals surface area contributed by atoms with Gasteiger partial charge in [-0.05, 0) is 49.2 Å². The molecule has 1 atom stereocenters. The largest absolute Gasteiger partial charge is 0.439 e. The fourth-order valence-electron chi connectivity index (χ4n) is 3.77. The summed E-state index contributed by atoms with van der Waals surface area (Å²) < 4.78 is 26.9. The first-order valence-electron chi connectivity index (χ1n) is 11.5. The molecule has 0 saturated heterocycles. The normalized spacial score (nSPS) is 12.3. The number of rotatable bonds is 13. The van der Waals surface area contributed by atoms with Crippen LogP contribution in [0.2, 0.25) is 0 Å². The van der Waals surface area contributed by atoms with Crippen molar-refractivity contribution in [2.75, 3.05) is 26.3 Å². The summed E-state index contributed by atoms with van der Waals surface area (Å²) in [5, 5.41) is 15.3. The van der Waals surface area contributed by atoms with E-state index in [0.29, 0.717) is 37.2 Å². The molecule has 0 bridgehead atoms. The maximum atomic E-state index is 13.5. The summed E-state index contributed by atoms with van der Waals surface area (Å²) in [5.74, 6) is 1.16. The zero-order valence-corrected chi connectivity index (χ0v) is 20.2. The minimum absolute atomic E-state index is 0.238. The number of aromatic nitrogens is 2. The predicted octanol–water partition coefficient (Wildman–Crippen LogP) is 5.13. The number of nitrogens with zero attached hydrogens (tertiary/aromatic N) is 3. The molecule has 0 fully saturated rings. The summed E-state index contributed by atoms with van der Waals surface area (Å²) in [5.41, 5.74) is 2.60. The van der Waals surface area contributed by atoms with Crippen molar-refractivity contribution in [3.8, 4) is 17.3 Å². The summed E-state index contributed by atoms with van der Waals surface area (Å²) in [6.45, 7) is 12.3. The molecule has 0 aliphatic rings. The van der Waals surface area contributed by atoms with Gasteiger partial charge in [0, 0.05) is 19.6 Å². The Bertz CT molecular complexity index is 1040. The van der Waals surface area contributed by atoms with Gasteiger partial charge in [-0.2, -0.15) is 5.10 Å². The second-order valence-corrected chi connectivity index (χ2v) is 8.74. The summed E-state index contributed by atoms with van der Waals surface area (Å²) in [4.78, 5) is 2.18. The molecule has 182 valence electrons. The maximum Gasteiger partial charge on any atom is 0.227 e. The van der Waals surface area contributed by atoms with Crippen LogP contribution >= 0.6 is 0 Å². The highest BCUT2D eigenvalue weighted by Gasteiger charge is 2.23. The highest BCUT2D eigenvalue weighted by atomic mass is 19.1. The molecule has 6 nitrogen and oxygen atoms in total. The molecule has 3 rings (SSSR count). The van der Waals surface area contributed by atoms with Crippen molar-refractivity contribution < 1.29 is 19.0 Å². The number of hydrogen-bond acceptors (Lipinski definition) is 5. The molecule has 0 aliphatic heterocycles. The Morgan fingerprint density at radius 1 is 1.12 bits per heavy atom. The van der Waals surface area contributed by atoms with Gasteiger partial charge < -0.3 is 14.6 Å². The van der Waals surface area contributed by atoms with Crippen molar-refractivity contribution in [2.45, 2.75) is 33.4 Å². The number of aryl methyl sites for hydroxylation is 1. The topological polar surface area (TPSA) is 59.8 Å². The molecule has 0 radical (unpaired) electrons. The van der Waals surface area contributed by atoms with Crippen LogP contribution < -0.4 is 4.74 Å². The number of aliphatic hydroxyl groups is 1. The van der Waals surface area contributed by atoms with Gasteiger partial charge in [0.05, 0.1) is 36.3 Å². The van der Waals surface area contributed by atoms with Crippen LogP contribution in [0.25, 0.3) is 5.69 Å². The number of ether oxygens (including phenoxy) is 2. The van der Waals surface area contributed by atoms with Crippen LogP contribution in [0.15, 0.2) is 67.3 Å². The lowest BCUT2D eigenvalue weighted by atomic mass is 10.1. The third-order valence-corrected chi connectivity index (χ3v) is 5.19. The van der Waals surface area contributed by atoms with E-state index in [-0.39, 0.29) is 12.4 Å². The van der Waals surface area contributed by atoms with Gasteiger partial charge in [-0.25, -0.2) is 9.07 Å². The molecule has 0 spiro atoms. The number of benzene rings is 2. The van der Waals surface area contributed by atoms with Gasteiger partial charge in [-0.15, -0.1) is 6.58 Å². The van der Waals surface area contributed by atoms with E-state index < -0.39 is 6.10 Å². The predicted molar refractivity (Wildman–Crippen MR) is 132 cm³/mol. The molecule has 7 heteroatoms. The SMILES string of the molecule is C=CCOC[C@H](O)CN(Cc1c(C)nn(-c2ccccc2)c1Oc1ccc(F)cc1)CC(C)C. The van der Waals surface area contributed by atoms with E-state index in [9.17, 15) is 9.50 Å². The van der Waals surface area contributed by atoms with Crippen molar-refractivity contribution in [2.24, 2.45) is 5.92 Å². The van der Waals surface area contributed by atoms with Gasteiger partial charge in [0.2, 0.25) is 5.88 Å². The molecule has 2 aromatic carbocycles. The van der Waals surface area contributed by atoms with Crippen molar-refractivity contribution >= 4 is 0 Å². The zero-order chi connectivity index (χ0) is 24.5. The first kappa shape index (κ1) is 25.6. The van der Waals surface area contributed by atoms with Gasteiger partial charge in [-0.1, -0.05) is 38.1 Å². The minimum Gasteiger partial charge on any atom is -0.439 e. The van der Waals surface area contributed by atoms with Gasteiger partial charge in [0.25, 0.3) is 0 Å². The lowest BCUT2D eigenvalue weighted by Crippen LogP contribution is -2.37. The summed E-state index contributed by atoms with van der Waals surface area (Å²) >= 11 is 0. The van der Waals surface area contributed by atoms with Crippen LogP contribution in [0.5, 0.6) is 11.6 Å². The third kappa shape index (κ3) is 7.25. The lowest BCUT2D eigenvalue weighted by Gasteiger charge is -2.27. The Morgan fingerprint density at radius 2 is 1.82 bits per heavy atom. The Balaban J connectivity index is 1.93. The summed E-state index contributed by atoms with van der Waals surface area (Å²) in [6.07, 6.45) is 1.03. The first-order chi connectivity index (χ1) is 16.4. The fraction of sp³-hybridized carbons (Fsp3) is 0.370. The molecule has 1 heterocycles. The van der Waals surface area contributed by atoms with Gasteiger partial charge in [-0.3, -0.25) is 4.90 Å². The van der Waals surface area contributed by atoms with Crippen LogP contribution in [0.1, 0.15) is 25.1 Å². The average Bonchev–Trinajstić information content (AvgIpc) is 3.10. The fourth-order valence-corrected chi connectivity index (χ4v) is 3.77. The van der Waals surface area contributed by atoms with Gasteiger partial charge >= 0.3 is 0 Å². The molecule has 34 heavy (non-hydrogen) atoms. The van der Waals surface area contributed by atoms with E-state index in [1.54, 1.807) is 22.9 Å². The van der Waals surface area contributed by atoms with Crippen molar-refractivity contribution in [3.63, 3.8) is 0 Å². The number of para-hydroxylation sites is 1. The van der Waals surface area contributed by atoms with E-state index >= 15 is 0 Å². The van der Waals surface area contributed by atoms with E-state index in [1.807, 2.05) is 37.3 Å². The summed E-state index contributed by atoms with van der Waals surface area (Å²) in [6, 6.07) is 15.7.